The highest BCUT2D eigenvalue weighted by Crippen LogP contribution is 2.14. The SMILES string of the molecule is CC(C)(O)c1cc[c]nn1. The van der Waals surface area contributed by atoms with Crippen LogP contribution in [-0.4, -0.2) is 15.3 Å². The lowest BCUT2D eigenvalue weighted by Gasteiger charge is -2.14. The van der Waals surface area contributed by atoms with Crippen molar-refractivity contribution >= 4 is 0 Å². The topological polar surface area (TPSA) is 46.0 Å². The van der Waals surface area contributed by atoms with Gasteiger partial charge in [0.25, 0.3) is 0 Å². The second kappa shape index (κ2) is 2.34. The molecule has 0 spiro atoms. The fourth-order valence-corrected chi connectivity index (χ4v) is 0.592. The molecule has 10 heavy (non-hydrogen) atoms. The van der Waals surface area contributed by atoms with Crippen LogP contribution in [0.25, 0.3) is 0 Å². The molecule has 0 saturated carbocycles. The van der Waals surface area contributed by atoms with E-state index in [-0.39, 0.29) is 0 Å². The van der Waals surface area contributed by atoms with E-state index in [1.54, 1.807) is 26.0 Å². The van der Waals surface area contributed by atoms with Crippen LogP contribution in [-0.2, 0) is 5.60 Å². The molecule has 1 heterocycles. The van der Waals surface area contributed by atoms with E-state index in [0.29, 0.717) is 5.69 Å². The fourth-order valence-electron chi connectivity index (χ4n) is 0.592. The lowest BCUT2D eigenvalue weighted by molar-refractivity contribution is 0.0728. The summed E-state index contributed by atoms with van der Waals surface area (Å²) in [5.74, 6) is 0. The summed E-state index contributed by atoms with van der Waals surface area (Å²) in [6, 6.07) is 3.31. The molecule has 0 bridgehead atoms. The van der Waals surface area contributed by atoms with Crippen LogP contribution in [0.4, 0.5) is 0 Å². The Balaban J connectivity index is 2.97. The summed E-state index contributed by atoms with van der Waals surface area (Å²) >= 11 is 0. The summed E-state index contributed by atoms with van der Waals surface area (Å²) in [4.78, 5) is 0. The Kier molecular flexibility index (Phi) is 1.68. The molecule has 1 rings (SSSR count). The van der Waals surface area contributed by atoms with Crippen molar-refractivity contribution in [3.63, 3.8) is 0 Å². The maximum absolute atomic E-state index is 9.37. The van der Waals surface area contributed by atoms with Gasteiger partial charge in [-0.15, -0.1) is 5.10 Å². The van der Waals surface area contributed by atoms with Gasteiger partial charge in [0.2, 0.25) is 0 Å². The van der Waals surface area contributed by atoms with E-state index in [4.69, 9.17) is 0 Å². The Morgan fingerprint density at radius 2 is 2.30 bits per heavy atom. The van der Waals surface area contributed by atoms with Crippen molar-refractivity contribution in [3.05, 3.63) is 24.0 Å². The minimum atomic E-state index is -0.901. The number of aromatic nitrogens is 2. The Morgan fingerprint density at radius 1 is 1.60 bits per heavy atom. The van der Waals surface area contributed by atoms with Gasteiger partial charge in [-0.05, 0) is 26.0 Å². The Labute approximate surface area is 59.7 Å². The fraction of sp³-hybridized carbons (Fsp3) is 0.429. The first-order valence-electron chi connectivity index (χ1n) is 3.03. The quantitative estimate of drug-likeness (QED) is 0.613. The number of hydrogen-bond donors (Lipinski definition) is 1. The van der Waals surface area contributed by atoms with Gasteiger partial charge in [-0.3, -0.25) is 0 Å². The molecule has 1 N–H and O–H groups in total. The van der Waals surface area contributed by atoms with Gasteiger partial charge >= 0.3 is 0 Å². The molecule has 53 valence electrons. The first-order chi connectivity index (χ1) is 4.61. The van der Waals surface area contributed by atoms with E-state index in [0.717, 1.165) is 0 Å². The number of hydrogen-bond acceptors (Lipinski definition) is 3. The van der Waals surface area contributed by atoms with Crippen molar-refractivity contribution < 1.29 is 5.11 Å². The minimum Gasteiger partial charge on any atom is -0.384 e. The largest absolute Gasteiger partial charge is 0.384 e. The van der Waals surface area contributed by atoms with Crippen molar-refractivity contribution in [3.8, 4) is 0 Å². The smallest absolute Gasteiger partial charge is 0.113 e. The van der Waals surface area contributed by atoms with Crippen LogP contribution in [0.3, 0.4) is 0 Å². The molecule has 0 aliphatic carbocycles. The second-order valence-corrected chi connectivity index (χ2v) is 2.61. The maximum Gasteiger partial charge on any atom is 0.113 e. The van der Waals surface area contributed by atoms with Crippen LogP contribution in [0.15, 0.2) is 12.1 Å². The summed E-state index contributed by atoms with van der Waals surface area (Å²) in [5, 5.41) is 16.6. The zero-order valence-electron chi connectivity index (χ0n) is 6.00. The van der Waals surface area contributed by atoms with Gasteiger partial charge in [0, 0.05) is 0 Å². The third-order valence-electron chi connectivity index (χ3n) is 1.16. The average Bonchev–Trinajstić information content (AvgIpc) is 1.88. The first kappa shape index (κ1) is 7.15. The molecule has 0 atom stereocenters. The molecular formula is C7H9N2O. The Bertz CT molecular complexity index is 203. The van der Waals surface area contributed by atoms with Crippen LogP contribution in [0, 0.1) is 6.20 Å². The van der Waals surface area contributed by atoms with Crippen LogP contribution in [0.1, 0.15) is 19.5 Å². The molecule has 0 fully saturated rings. The lowest BCUT2D eigenvalue weighted by atomic mass is 10.1. The van der Waals surface area contributed by atoms with Gasteiger partial charge in [-0.2, -0.15) is 5.10 Å². The maximum atomic E-state index is 9.37. The number of nitrogens with zero attached hydrogens (tertiary/aromatic N) is 2. The second-order valence-electron chi connectivity index (χ2n) is 2.61. The summed E-state index contributed by atoms with van der Waals surface area (Å²) in [5.41, 5.74) is -0.339. The average molecular weight is 137 g/mol. The zero-order valence-corrected chi connectivity index (χ0v) is 6.00. The van der Waals surface area contributed by atoms with Crippen molar-refractivity contribution in [2.75, 3.05) is 0 Å². The van der Waals surface area contributed by atoms with E-state index in [1.165, 1.54) is 0 Å². The van der Waals surface area contributed by atoms with Crippen LogP contribution in [0.5, 0.6) is 0 Å². The summed E-state index contributed by atoms with van der Waals surface area (Å²) in [6.45, 7) is 3.33. The summed E-state index contributed by atoms with van der Waals surface area (Å²) in [6.07, 6.45) is 2.53. The molecule has 0 saturated heterocycles. The molecule has 0 aliphatic heterocycles. The predicted molar refractivity (Wildman–Crippen MR) is 36.1 cm³/mol. The molecule has 3 heteroatoms. The monoisotopic (exact) mass is 137 g/mol. The minimum absolute atomic E-state index is 0.561. The van der Waals surface area contributed by atoms with E-state index in [1.807, 2.05) is 0 Å². The number of aliphatic hydroxyl groups is 1. The van der Waals surface area contributed by atoms with Crippen molar-refractivity contribution in [2.45, 2.75) is 19.4 Å². The molecule has 1 aromatic heterocycles. The van der Waals surface area contributed by atoms with Crippen LogP contribution in [0.2, 0.25) is 0 Å². The normalized spacial score (nSPS) is 11.5. The molecule has 0 unspecified atom stereocenters. The molecule has 1 aromatic rings. The van der Waals surface area contributed by atoms with Gasteiger partial charge in [0.05, 0.1) is 5.69 Å². The summed E-state index contributed by atoms with van der Waals surface area (Å²) in [7, 11) is 0. The van der Waals surface area contributed by atoms with Crippen LogP contribution >= 0.6 is 0 Å². The highest BCUT2D eigenvalue weighted by Gasteiger charge is 2.16. The van der Waals surface area contributed by atoms with Crippen LogP contribution < -0.4 is 0 Å². The van der Waals surface area contributed by atoms with Crippen molar-refractivity contribution in [2.24, 2.45) is 0 Å². The highest BCUT2D eigenvalue weighted by molar-refractivity contribution is 5.06. The Hall–Kier alpha value is -0.960. The van der Waals surface area contributed by atoms with Crippen molar-refractivity contribution in [1.29, 1.82) is 0 Å². The highest BCUT2D eigenvalue weighted by atomic mass is 16.3. The molecule has 3 nitrogen and oxygen atoms in total. The Morgan fingerprint density at radius 3 is 2.60 bits per heavy atom. The zero-order chi connectivity index (χ0) is 7.61. The van der Waals surface area contributed by atoms with Gasteiger partial charge in [0.1, 0.15) is 11.8 Å². The van der Waals surface area contributed by atoms with Gasteiger partial charge in [-0.1, -0.05) is 0 Å². The van der Waals surface area contributed by atoms with E-state index >= 15 is 0 Å². The third kappa shape index (κ3) is 1.51. The van der Waals surface area contributed by atoms with E-state index in [2.05, 4.69) is 16.4 Å². The lowest BCUT2D eigenvalue weighted by Crippen LogP contribution is -2.17. The number of rotatable bonds is 1. The van der Waals surface area contributed by atoms with Gasteiger partial charge < -0.3 is 5.11 Å². The molecule has 0 aromatic carbocycles. The van der Waals surface area contributed by atoms with E-state index < -0.39 is 5.60 Å². The predicted octanol–water partition coefficient (Wildman–Crippen LogP) is 0.504. The molecule has 1 radical (unpaired) electrons. The third-order valence-corrected chi connectivity index (χ3v) is 1.16. The first-order valence-corrected chi connectivity index (χ1v) is 3.03. The van der Waals surface area contributed by atoms with Crippen molar-refractivity contribution in [1.82, 2.24) is 10.2 Å². The molecular weight excluding hydrogens is 128 g/mol. The summed E-state index contributed by atoms with van der Waals surface area (Å²) < 4.78 is 0. The van der Waals surface area contributed by atoms with Gasteiger partial charge in [0.15, 0.2) is 0 Å². The molecule has 0 aliphatic rings. The molecule has 0 amide bonds. The standard InChI is InChI=1S/C7H9N2O/c1-7(2,10)6-4-3-5-8-9-6/h3-4,10H,1-2H3. The van der Waals surface area contributed by atoms with E-state index in [9.17, 15) is 5.11 Å². The van der Waals surface area contributed by atoms with Gasteiger partial charge in [-0.25, -0.2) is 0 Å².